The van der Waals surface area contributed by atoms with Gasteiger partial charge in [-0.25, -0.2) is 4.98 Å². The Labute approximate surface area is 114 Å². The molecular weight excluding hydrogens is 242 g/mol. The van der Waals surface area contributed by atoms with E-state index in [2.05, 4.69) is 24.1 Å². The quantitative estimate of drug-likeness (QED) is 0.754. The number of rotatable bonds is 8. The van der Waals surface area contributed by atoms with E-state index >= 15 is 0 Å². The van der Waals surface area contributed by atoms with E-state index in [1.54, 1.807) is 17.0 Å². The summed E-state index contributed by atoms with van der Waals surface area (Å²) in [6.07, 6.45) is 5.98. The van der Waals surface area contributed by atoms with Gasteiger partial charge in [0.25, 0.3) is 5.56 Å². The average molecular weight is 267 g/mol. The van der Waals surface area contributed by atoms with Crippen LogP contribution in [0, 0.1) is 5.41 Å². The van der Waals surface area contributed by atoms with Crippen molar-refractivity contribution in [3.05, 3.63) is 22.7 Å². The minimum Gasteiger partial charge on any atom is -0.396 e. The summed E-state index contributed by atoms with van der Waals surface area (Å²) in [5.74, 6) is 0.371. The molecule has 0 fully saturated rings. The molecule has 5 nitrogen and oxygen atoms in total. The minimum atomic E-state index is -0.181. The van der Waals surface area contributed by atoms with Crippen LogP contribution in [0.4, 0.5) is 5.82 Å². The zero-order valence-electron chi connectivity index (χ0n) is 12.1. The Morgan fingerprint density at radius 3 is 2.58 bits per heavy atom. The lowest BCUT2D eigenvalue weighted by atomic mass is 9.83. The Morgan fingerprint density at radius 1 is 1.37 bits per heavy atom. The molecule has 0 unspecified atom stereocenters. The Hall–Kier alpha value is -1.36. The topological polar surface area (TPSA) is 67.2 Å². The number of nitrogens with one attached hydrogen (secondary N) is 1. The largest absolute Gasteiger partial charge is 0.396 e. The van der Waals surface area contributed by atoms with Crippen molar-refractivity contribution in [2.45, 2.75) is 46.6 Å². The van der Waals surface area contributed by atoms with Crippen LogP contribution < -0.4 is 10.9 Å². The zero-order valence-corrected chi connectivity index (χ0v) is 12.1. The first-order chi connectivity index (χ1) is 9.12. The zero-order chi connectivity index (χ0) is 14.3. The molecule has 0 aliphatic carbocycles. The lowest BCUT2D eigenvalue weighted by Crippen LogP contribution is -2.35. The van der Waals surface area contributed by atoms with Crippen molar-refractivity contribution in [2.75, 3.05) is 18.5 Å². The summed E-state index contributed by atoms with van der Waals surface area (Å²) < 4.78 is 1.66. The van der Waals surface area contributed by atoms with E-state index in [0.29, 0.717) is 18.9 Å². The van der Waals surface area contributed by atoms with Gasteiger partial charge in [0.2, 0.25) is 0 Å². The monoisotopic (exact) mass is 267 g/mol. The molecule has 5 heteroatoms. The normalized spacial score (nSPS) is 11.6. The van der Waals surface area contributed by atoms with E-state index < -0.39 is 0 Å². The van der Waals surface area contributed by atoms with Crippen molar-refractivity contribution in [1.29, 1.82) is 0 Å². The third-order valence-corrected chi connectivity index (χ3v) is 3.84. The summed E-state index contributed by atoms with van der Waals surface area (Å²) >= 11 is 0. The molecule has 0 saturated carbocycles. The van der Waals surface area contributed by atoms with Crippen LogP contribution in [0.3, 0.4) is 0 Å². The fourth-order valence-corrected chi connectivity index (χ4v) is 2.04. The van der Waals surface area contributed by atoms with Crippen molar-refractivity contribution in [2.24, 2.45) is 5.41 Å². The summed E-state index contributed by atoms with van der Waals surface area (Å²) in [7, 11) is 0. The molecule has 0 aliphatic heterocycles. The number of aromatic nitrogens is 2. The van der Waals surface area contributed by atoms with Gasteiger partial charge in [0, 0.05) is 30.9 Å². The van der Waals surface area contributed by atoms with Crippen molar-refractivity contribution < 1.29 is 5.11 Å². The molecule has 1 aromatic heterocycles. The predicted octanol–water partition coefficient (Wildman–Crippen LogP) is 1.86. The molecule has 0 aromatic carbocycles. The molecule has 2 N–H and O–H groups in total. The van der Waals surface area contributed by atoms with Crippen molar-refractivity contribution in [3.63, 3.8) is 0 Å². The first kappa shape index (κ1) is 15.7. The van der Waals surface area contributed by atoms with Crippen molar-refractivity contribution in [1.82, 2.24) is 9.55 Å². The molecule has 19 heavy (non-hydrogen) atoms. The number of aliphatic hydroxyl groups excluding tert-OH is 1. The summed E-state index contributed by atoms with van der Waals surface area (Å²) in [6, 6.07) is 0. The molecule has 1 aromatic rings. The van der Waals surface area contributed by atoms with Crippen LogP contribution >= 0.6 is 0 Å². The van der Waals surface area contributed by atoms with Crippen LogP contribution in [0.25, 0.3) is 0 Å². The van der Waals surface area contributed by atoms with Gasteiger partial charge in [-0.3, -0.25) is 4.79 Å². The highest BCUT2D eigenvalue weighted by Gasteiger charge is 2.25. The molecule has 1 heterocycles. The highest BCUT2D eigenvalue weighted by atomic mass is 16.3. The average Bonchev–Trinajstić information content (AvgIpc) is 2.45. The minimum absolute atomic E-state index is 0.0941. The number of aliphatic hydroxyl groups is 1. The second-order valence-electron chi connectivity index (χ2n) is 4.99. The lowest BCUT2D eigenvalue weighted by molar-refractivity contribution is 0.127. The van der Waals surface area contributed by atoms with E-state index in [9.17, 15) is 9.90 Å². The Balaban J connectivity index is 2.83. The van der Waals surface area contributed by atoms with E-state index in [4.69, 9.17) is 0 Å². The van der Waals surface area contributed by atoms with Crippen LogP contribution in [0.5, 0.6) is 0 Å². The number of aryl methyl sites for hydroxylation is 1. The summed E-state index contributed by atoms with van der Waals surface area (Å²) in [6.45, 7) is 7.51. The fraction of sp³-hybridized carbons (Fsp3) is 0.714. The van der Waals surface area contributed by atoms with Crippen LogP contribution in [0.15, 0.2) is 17.2 Å². The summed E-state index contributed by atoms with van der Waals surface area (Å²) in [4.78, 5) is 16.2. The number of hydrogen-bond donors (Lipinski definition) is 2. The lowest BCUT2D eigenvalue weighted by Gasteiger charge is -2.29. The van der Waals surface area contributed by atoms with Crippen molar-refractivity contribution >= 4 is 5.82 Å². The van der Waals surface area contributed by atoms with Gasteiger partial charge in [-0.15, -0.1) is 0 Å². The molecule has 0 saturated heterocycles. The molecule has 0 amide bonds. The number of nitrogens with zero attached hydrogens (tertiary/aromatic N) is 2. The Morgan fingerprint density at radius 2 is 2.05 bits per heavy atom. The third-order valence-electron chi connectivity index (χ3n) is 3.84. The molecule has 0 aliphatic rings. The van der Waals surface area contributed by atoms with E-state index in [1.807, 2.05) is 6.92 Å². The molecule has 0 radical (unpaired) electrons. The Bertz CT molecular complexity index is 430. The molecule has 108 valence electrons. The Kier molecular flexibility index (Phi) is 6.02. The number of hydrogen-bond acceptors (Lipinski definition) is 4. The van der Waals surface area contributed by atoms with Gasteiger partial charge in [0.05, 0.1) is 6.61 Å². The van der Waals surface area contributed by atoms with Crippen LogP contribution in [0.1, 0.15) is 40.0 Å². The van der Waals surface area contributed by atoms with E-state index in [1.165, 1.54) is 0 Å². The number of anilines is 1. The van der Waals surface area contributed by atoms with Gasteiger partial charge in [-0.05, 0) is 19.3 Å². The molecule has 0 atom stereocenters. The first-order valence-electron chi connectivity index (χ1n) is 7.02. The van der Waals surface area contributed by atoms with Gasteiger partial charge in [0.15, 0.2) is 5.82 Å². The predicted molar refractivity (Wildman–Crippen MR) is 77.4 cm³/mol. The molecular formula is C14H25N3O2. The second kappa shape index (κ2) is 7.28. The van der Waals surface area contributed by atoms with Gasteiger partial charge >= 0.3 is 0 Å². The highest BCUT2D eigenvalue weighted by Crippen LogP contribution is 2.25. The van der Waals surface area contributed by atoms with Crippen LogP contribution in [0.2, 0.25) is 0 Å². The maximum Gasteiger partial charge on any atom is 0.293 e. The molecule has 0 bridgehead atoms. The second-order valence-corrected chi connectivity index (χ2v) is 4.99. The SMILES string of the molecule is CCCn1ccnc(NCC(CC)(CC)CO)c1=O. The van der Waals surface area contributed by atoms with Gasteiger partial charge in [0.1, 0.15) is 0 Å². The fourth-order valence-electron chi connectivity index (χ4n) is 2.04. The molecule has 1 rings (SSSR count). The van der Waals surface area contributed by atoms with Crippen molar-refractivity contribution in [3.8, 4) is 0 Å². The van der Waals surface area contributed by atoms with Gasteiger partial charge < -0.3 is 15.0 Å². The third kappa shape index (κ3) is 3.80. The van der Waals surface area contributed by atoms with Gasteiger partial charge in [-0.2, -0.15) is 0 Å². The maximum atomic E-state index is 12.1. The summed E-state index contributed by atoms with van der Waals surface area (Å²) in [5, 5.41) is 12.6. The van der Waals surface area contributed by atoms with E-state index in [-0.39, 0.29) is 17.6 Å². The first-order valence-corrected chi connectivity index (χ1v) is 7.02. The van der Waals surface area contributed by atoms with Crippen LogP contribution in [-0.4, -0.2) is 27.8 Å². The maximum absolute atomic E-state index is 12.1. The van der Waals surface area contributed by atoms with Crippen LogP contribution in [-0.2, 0) is 6.54 Å². The van der Waals surface area contributed by atoms with E-state index in [0.717, 1.165) is 19.3 Å². The standard InChI is InChI=1S/C14H25N3O2/c1-4-8-17-9-7-15-12(13(17)19)16-10-14(5-2,6-3)11-18/h7,9,18H,4-6,8,10-11H2,1-3H3,(H,15,16). The van der Waals surface area contributed by atoms with Gasteiger partial charge in [-0.1, -0.05) is 20.8 Å². The molecule has 0 spiro atoms. The smallest absolute Gasteiger partial charge is 0.293 e. The highest BCUT2D eigenvalue weighted by molar-refractivity contribution is 5.31. The summed E-state index contributed by atoms with van der Waals surface area (Å²) in [5.41, 5.74) is -0.275.